The van der Waals surface area contributed by atoms with Gasteiger partial charge in [-0.25, -0.2) is 4.39 Å². The zero-order valence-corrected chi connectivity index (χ0v) is 12.9. The molecule has 0 aromatic heterocycles. The van der Waals surface area contributed by atoms with Crippen molar-refractivity contribution in [3.8, 4) is 0 Å². The molecule has 0 radical (unpaired) electrons. The second-order valence-electron chi connectivity index (χ2n) is 4.73. The smallest absolute Gasteiger partial charge is 0.123 e. The van der Waals surface area contributed by atoms with Gasteiger partial charge in [0.05, 0.1) is 6.04 Å². The summed E-state index contributed by atoms with van der Waals surface area (Å²) in [5.74, 6) is -0.181. The van der Waals surface area contributed by atoms with Crippen LogP contribution in [0, 0.1) is 12.7 Å². The lowest BCUT2D eigenvalue weighted by Gasteiger charge is -2.23. The molecule has 2 rings (SSSR count). The summed E-state index contributed by atoms with van der Waals surface area (Å²) >= 11 is 1.74. The first-order valence-electron chi connectivity index (χ1n) is 6.79. The van der Waals surface area contributed by atoms with E-state index in [1.807, 2.05) is 13.0 Å². The standard InChI is InChI=1S/C17H20FNS/c1-4-19-17(14-10-9-13(18)11-12(14)2)15-7-5-6-8-16(15)20-3/h5-11,17,19H,4H2,1-3H3. The van der Waals surface area contributed by atoms with Gasteiger partial charge in [-0.05, 0) is 54.6 Å². The van der Waals surface area contributed by atoms with E-state index in [1.54, 1.807) is 17.8 Å². The maximum atomic E-state index is 13.3. The molecular weight excluding hydrogens is 269 g/mol. The van der Waals surface area contributed by atoms with Crippen molar-refractivity contribution < 1.29 is 4.39 Å². The number of aryl methyl sites for hydroxylation is 1. The highest BCUT2D eigenvalue weighted by atomic mass is 32.2. The summed E-state index contributed by atoms with van der Waals surface area (Å²) < 4.78 is 13.3. The molecule has 2 aromatic carbocycles. The van der Waals surface area contributed by atoms with Gasteiger partial charge in [-0.3, -0.25) is 0 Å². The lowest BCUT2D eigenvalue weighted by atomic mass is 9.95. The molecule has 0 fully saturated rings. The first-order valence-corrected chi connectivity index (χ1v) is 8.02. The fourth-order valence-electron chi connectivity index (χ4n) is 2.46. The van der Waals surface area contributed by atoms with E-state index in [9.17, 15) is 4.39 Å². The van der Waals surface area contributed by atoms with Gasteiger partial charge in [-0.1, -0.05) is 31.2 Å². The number of hydrogen-bond donors (Lipinski definition) is 1. The van der Waals surface area contributed by atoms with E-state index >= 15 is 0 Å². The molecule has 0 aliphatic carbocycles. The largest absolute Gasteiger partial charge is 0.306 e. The molecule has 0 saturated heterocycles. The van der Waals surface area contributed by atoms with Gasteiger partial charge in [0.15, 0.2) is 0 Å². The van der Waals surface area contributed by atoms with Gasteiger partial charge < -0.3 is 5.32 Å². The number of halogens is 1. The van der Waals surface area contributed by atoms with E-state index in [1.165, 1.54) is 16.5 Å². The van der Waals surface area contributed by atoms with E-state index in [-0.39, 0.29) is 11.9 Å². The summed E-state index contributed by atoms with van der Waals surface area (Å²) in [6, 6.07) is 13.5. The van der Waals surface area contributed by atoms with Crippen molar-refractivity contribution >= 4 is 11.8 Å². The van der Waals surface area contributed by atoms with Crippen LogP contribution < -0.4 is 5.32 Å². The van der Waals surface area contributed by atoms with Crippen molar-refractivity contribution in [1.82, 2.24) is 5.32 Å². The molecule has 1 nitrogen and oxygen atoms in total. The topological polar surface area (TPSA) is 12.0 Å². The number of hydrogen-bond acceptors (Lipinski definition) is 2. The van der Waals surface area contributed by atoms with Crippen LogP contribution >= 0.6 is 11.8 Å². The van der Waals surface area contributed by atoms with E-state index < -0.39 is 0 Å². The van der Waals surface area contributed by atoms with Crippen molar-refractivity contribution in [1.29, 1.82) is 0 Å². The van der Waals surface area contributed by atoms with Gasteiger partial charge in [0, 0.05) is 4.90 Å². The predicted octanol–water partition coefficient (Wildman–Crippen LogP) is 4.55. The average Bonchev–Trinajstić information content (AvgIpc) is 2.45. The molecule has 3 heteroatoms. The highest BCUT2D eigenvalue weighted by Crippen LogP contribution is 2.31. The molecule has 1 N–H and O–H groups in total. The Balaban J connectivity index is 2.50. The number of thioether (sulfide) groups is 1. The summed E-state index contributed by atoms with van der Waals surface area (Å²) in [5, 5.41) is 3.51. The highest BCUT2D eigenvalue weighted by Gasteiger charge is 2.18. The predicted molar refractivity (Wildman–Crippen MR) is 84.9 cm³/mol. The third kappa shape index (κ3) is 3.22. The Kier molecular flexibility index (Phi) is 5.21. The molecule has 1 unspecified atom stereocenters. The molecule has 0 amide bonds. The van der Waals surface area contributed by atoms with E-state index in [0.717, 1.165) is 17.7 Å². The lowest BCUT2D eigenvalue weighted by Crippen LogP contribution is -2.23. The van der Waals surface area contributed by atoms with Crippen LogP contribution in [0.2, 0.25) is 0 Å². The summed E-state index contributed by atoms with van der Waals surface area (Å²) in [6.45, 7) is 4.92. The summed E-state index contributed by atoms with van der Waals surface area (Å²) in [7, 11) is 0. The number of rotatable bonds is 5. The summed E-state index contributed by atoms with van der Waals surface area (Å²) in [4.78, 5) is 1.25. The van der Waals surface area contributed by atoms with Gasteiger partial charge in [0.25, 0.3) is 0 Å². The molecule has 106 valence electrons. The fourth-order valence-corrected chi connectivity index (χ4v) is 3.10. The molecular formula is C17H20FNS. The van der Waals surface area contributed by atoms with Crippen LogP contribution in [0.15, 0.2) is 47.4 Å². The van der Waals surface area contributed by atoms with Crippen molar-refractivity contribution in [2.45, 2.75) is 24.8 Å². The van der Waals surface area contributed by atoms with Crippen LogP contribution in [0.25, 0.3) is 0 Å². The van der Waals surface area contributed by atoms with Gasteiger partial charge >= 0.3 is 0 Å². The minimum atomic E-state index is -0.181. The highest BCUT2D eigenvalue weighted by molar-refractivity contribution is 7.98. The quantitative estimate of drug-likeness (QED) is 0.810. The SMILES string of the molecule is CCNC(c1ccc(F)cc1C)c1ccccc1SC. The maximum absolute atomic E-state index is 13.3. The second-order valence-corrected chi connectivity index (χ2v) is 5.58. The fraction of sp³-hybridized carbons (Fsp3) is 0.294. The minimum absolute atomic E-state index is 0.101. The number of benzene rings is 2. The van der Waals surface area contributed by atoms with Gasteiger partial charge in [0.2, 0.25) is 0 Å². The molecule has 2 aromatic rings. The Morgan fingerprint density at radius 3 is 2.55 bits per heavy atom. The Morgan fingerprint density at radius 1 is 1.15 bits per heavy atom. The van der Waals surface area contributed by atoms with Crippen LogP contribution in [0.1, 0.15) is 29.7 Å². The van der Waals surface area contributed by atoms with Crippen LogP contribution in [0.5, 0.6) is 0 Å². The Labute approximate surface area is 124 Å². The van der Waals surface area contributed by atoms with Crippen molar-refractivity contribution in [3.05, 3.63) is 65.0 Å². The zero-order valence-electron chi connectivity index (χ0n) is 12.1. The molecule has 20 heavy (non-hydrogen) atoms. The van der Waals surface area contributed by atoms with Gasteiger partial charge in [-0.2, -0.15) is 0 Å². The summed E-state index contributed by atoms with van der Waals surface area (Å²) in [5.41, 5.74) is 3.36. The third-order valence-corrected chi connectivity index (χ3v) is 4.21. The van der Waals surface area contributed by atoms with E-state index in [4.69, 9.17) is 0 Å². The normalized spacial score (nSPS) is 12.4. The third-order valence-electron chi connectivity index (χ3n) is 3.40. The monoisotopic (exact) mass is 289 g/mol. The van der Waals surface area contributed by atoms with Crippen molar-refractivity contribution in [3.63, 3.8) is 0 Å². The molecule has 0 bridgehead atoms. The zero-order chi connectivity index (χ0) is 14.5. The van der Waals surface area contributed by atoms with Crippen molar-refractivity contribution in [2.75, 3.05) is 12.8 Å². The van der Waals surface area contributed by atoms with Gasteiger partial charge in [0.1, 0.15) is 5.82 Å². The lowest BCUT2D eigenvalue weighted by molar-refractivity contribution is 0.605. The van der Waals surface area contributed by atoms with E-state index in [0.29, 0.717) is 0 Å². The van der Waals surface area contributed by atoms with Crippen LogP contribution in [-0.2, 0) is 0 Å². The van der Waals surface area contributed by atoms with Crippen LogP contribution in [-0.4, -0.2) is 12.8 Å². The average molecular weight is 289 g/mol. The Morgan fingerprint density at radius 2 is 1.90 bits per heavy atom. The first-order chi connectivity index (χ1) is 9.67. The molecule has 0 spiro atoms. The Hall–Kier alpha value is -1.32. The van der Waals surface area contributed by atoms with Crippen molar-refractivity contribution in [2.24, 2.45) is 0 Å². The molecule has 0 aliphatic heterocycles. The second kappa shape index (κ2) is 6.91. The molecule has 0 aliphatic rings. The molecule has 0 heterocycles. The van der Waals surface area contributed by atoms with E-state index in [2.05, 4.69) is 42.8 Å². The minimum Gasteiger partial charge on any atom is -0.306 e. The maximum Gasteiger partial charge on any atom is 0.123 e. The molecule has 1 atom stereocenters. The first kappa shape index (κ1) is 15.1. The van der Waals surface area contributed by atoms with Crippen LogP contribution in [0.4, 0.5) is 4.39 Å². The summed E-state index contributed by atoms with van der Waals surface area (Å²) in [6.07, 6.45) is 2.08. The Bertz CT molecular complexity index is 583. The van der Waals surface area contributed by atoms with Crippen LogP contribution in [0.3, 0.4) is 0 Å². The molecule has 0 saturated carbocycles. The number of nitrogens with one attached hydrogen (secondary N) is 1. The van der Waals surface area contributed by atoms with Gasteiger partial charge in [-0.15, -0.1) is 11.8 Å².